The van der Waals surface area contributed by atoms with E-state index in [4.69, 9.17) is 0 Å². The summed E-state index contributed by atoms with van der Waals surface area (Å²) in [7, 11) is 0. The number of ketones is 2. The summed E-state index contributed by atoms with van der Waals surface area (Å²) in [5.74, 6) is 3.12. The fraction of sp³-hybridized carbons (Fsp3) is 0.562. The van der Waals surface area contributed by atoms with E-state index in [1.54, 1.807) is 0 Å². The summed E-state index contributed by atoms with van der Waals surface area (Å²) >= 11 is 2.05. The van der Waals surface area contributed by atoms with E-state index in [-0.39, 0.29) is 10.8 Å². The fourth-order valence-electron chi connectivity index (χ4n) is 4.32. The average molecular weight is 495 g/mol. The Kier molecular flexibility index (Phi) is 12.8. The largest absolute Gasteiger partial charge is 0.299 e. The first-order valence-corrected chi connectivity index (χ1v) is 14.6. The Morgan fingerprint density at radius 1 is 0.571 bits per heavy atom. The maximum atomic E-state index is 12.7. The molecular weight excluding hydrogens is 448 g/mol. The van der Waals surface area contributed by atoms with Crippen LogP contribution in [0.25, 0.3) is 0 Å². The average Bonchev–Trinajstić information content (AvgIpc) is 2.83. The third kappa shape index (κ3) is 11.6. The Morgan fingerprint density at radius 2 is 0.943 bits per heavy atom. The molecule has 0 fully saturated rings. The zero-order valence-electron chi connectivity index (χ0n) is 22.5. The Labute approximate surface area is 218 Å². The molecule has 0 radical (unpaired) electrons. The number of thioether (sulfide) groups is 1. The summed E-state index contributed by atoms with van der Waals surface area (Å²) in [6.45, 7) is 8.40. The maximum Gasteiger partial charge on any atom is 0.142 e. The molecule has 0 aliphatic carbocycles. The molecule has 0 heterocycles. The van der Waals surface area contributed by atoms with E-state index in [1.165, 1.54) is 37.2 Å². The van der Waals surface area contributed by atoms with Gasteiger partial charge < -0.3 is 0 Å². The second kappa shape index (κ2) is 15.3. The number of rotatable bonds is 18. The van der Waals surface area contributed by atoms with Crippen molar-refractivity contribution in [3.8, 4) is 0 Å². The van der Waals surface area contributed by atoms with Crippen molar-refractivity contribution < 1.29 is 9.59 Å². The molecule has 35 heavy (non-hydrogen) atoms. The lowest BCUT2D eigenvalue weighted by atomic mass is 9.80. The molecule has 0 N–H and O–H groups in total. The van der Waals surface area contributed by atoms with Crippen molar-refractivity contribution in [3.63, 3.8) is 0 Å². The number of Topliss-reactive ketones (excluding diaryl/α,β-unsaturated/α-hetero) is 2. The topological polar surface area (TPSA) is 34.1 Å². The van der Waals surface area contributed by atoms with Gasteiger partial charge in [0.2, 0.25) is 0 Å². The minimum atomic E-state index is -0.237. The van der Waals surface area contributed by atoms with Gasteiger partial charge in [-0.15, -0.1) is 0 Å². The van der Waals surface area contributed by atoms with Gasteiger partial charge in [-0.1, -0.05) is 114 Å². The summed E-state index contributed by atoms with van der Waals surface area (Å²) in [4.78, 5) is 25.4. The molecular formula is C32H46O2S. The van der Waals surface area contributed by atoms with Gasteiger partial charge in [0.25, 0.3) is 0 Å². The number of hydrogen-bond donors (Lipinski definition) is 0. The minimum Gasteiger partial charge on any atom is -0.299 e. The molecule has 0 saturated carbocycles. The van der Waals surface area contributed by atoms with E-state index in [1.807, 2.05) is 60.7 Å². The molecule has 3 heteroatoms. The van der Waals surface area contributed by atoms with Gasteiger partial charge >= 0.3 is 0 Å². The van der Waals surface area contributed by atoms with Crippen molar-refractivity contribution >= 4 is 23.3 Å². The van der Waals surface area contributed by atoms with Gasteiger partial charge in [-0.3, -0.25) is 9.59 Å². The van der Waals surface area contributed by atoms with E-state index >= 15 is 0 Å². The van der Waals surface area contributed by atoms with Crippen LogP contribution >= 0.6 is 11.8 Å². The molecule has 192 valence electrons. The van der Waals surface area contributed by atoms with Gasteiger partial charge in [-0.2, -0.15) is 11.8 Å². The molecule has 0 bridgehead atoms. The zero-order chi connectivity index (χ0) is 25.6. The number of hydrogen-bond acceptors (Lipinski definition) is 3. The predicted molar refractivity (Wildman–Crippen MR) is 152 cm³/mol. The first-order chi connectivity index (χ1) is 16.7. The SMILES string of the molecule is CC(C)(CCCCCSCCCCCC(C)(C)C(=O)Cc1ccccc1)C(=O)Cc1ccccc1. The van der Waals surface area contributed by atoms with E-state index in [9.17, 15) is 9.59 Å². The van der Waals surface area contributed by atoms with Crippen LogP contribution in [0.4, 0.5) is 0 Å². The zero-order valence-corrected chi connectivity index (χ0v) is 23.3. The van der Waals surface area contributed by atoms with Gasteiger partial charge in [-0.05, 0) is 48.3 Å². The first-order valence-electron chi connectivity index (χ1n) is 13.4. The summed E-state index contributed by atoms with van der Waals surface area (Å²) in [5, 5.41) is 0. The van der Waals surface area contributed by atoms with E-state index in [2.05, 4.69) is 39.5 Å². The highest BCUT2D eigenvalue weighted by atomic mass is 32.2. The smallest absolute Gasteiger partial charge is 0.142 e. The molecule has 0 aliphatic rings. The molecule has 0 spiro atoms. The van der Waals surface area contributed by atoms with Gasteiger partial charge in [0.15, 0.2) is 0 Å². The monoisotopic (exact) mass is 494 g/mol. The molecule has 0 aromatic heterocycles. The van der Waals surface area contributed by atoms with Gasteiger partial charge in [-0.25, -0.2) is 0 Å². The third-order valence-electron chi connectivity index (χ3n) is 7.11. The second-order valence-electron chi connectivity index (χ2n) is 11.2. The number of benzene rings is 2. The molecule has 0 saturated heterocycles. The summed E-state index contributed by atoms with van der Waals surface area (Å²) in [5.41, 5.74) is 1.76. The Hall–Kier alpha value is -1.87. The quantitative estimate of drug-likeness (QED) is 0.195. The lowest BCUT2D eigenvalue weighted by molar-refractivity contribution is -0.127. The molecule has 2 aromatic rings. The predicted octanol–water partition coefficient (Wildman–Crippen LogP) is 8.52. The Morgan fingerprint density at radius 3 is 1.31 bits per heavy atom. The van der Waals surface area contributed by atoms with Crippen LogP contribution in [0.2, 0.25) is 0 Å². The fourth-order valence-corrected chi connectivity index (χ4v) is 5.34. The molecule has 0 atom stereocenters. The summed E-state index contributed by atoms with van der Waals surface area (Å²) in [6.07, 6.45) is 10.2. The molecule has 2 rings (SSSR count). The van der Waals surface area contributed by atoms with Crippen LogP contribution < -0.4 is 0 Å². The van der Waals surface area contributed by atoms with Crippen LogP contribution in [0.15, 0.2) is 60.7 Å². The van der Waals surface area contributed by atoms with Crippen molar-refractivity contribution in [1.82, 2.24) is 0 Å². The maximum absolute atomic E-state index is 12.7. The van der Waals surface area contributed by atoms with E-state index in [0.29, 0.717) is 24.4 Å². The van der Waals surface area contributed by atoms with Crippen LogP contribution in [0.3, 0.4) is 0 Å². The number of carbonyl (C=O) groups excluding carboxylic acids is 2. The Bertz CT molecular complexity index is 797. The van der Waals surface area contributed by atoms with E-state index in [0.717, 1.165) is 36.8 Å². The molecule has 0 amide bonds. The lowest BCUT2D eigenvalue weighted by Crippen LogP contribution is -2.26. The van der Waals surface area contributed by atoms with Crippen molar-refractivity contribution in [2.45, 2.75) is 91.9 Å². The van der Waals surface area contributed by atoms with Crippen molar-refractivity contribution in [2.75, 3.05) is 11.5 Å². The highest BCUT2D eigenvalue weighted by Gasteiger charge is 2.27. The molecule has 2 nitrogen and oxygen atoms in total. The highest BCUT2D eigenvalue weighted by molar-refractivity contribution is 7.99. The lowest BCUT2D eigenvalue weighted by Gasteiger charge is -2.23. The van der Waals surface area contributed by atoms with Gasteiger partial charge in [0.1, 0.15) is 11.6 Å². The second-order valence-corrected chi connectivity index (χ2v) is 12.4. The first kappa shape index (κ1) is 29.4. The molecule has 2 aromatic carbocycles. The molecule has 0 aliphatic heterocycles. The highest BCUT2D eigenvalue weighted by Crippen LogP contribution is 2.28. The van der Waals surface area contributed by atoms with Crippen molar-refractivity contribution in [3.05, 3.63) is 71.8 Å². The van der Waals surface area contributed by atoms with Crippen LogP contribution in [0.1, 0.15) is 90.2 Å². The van der Waals surface area contributed by atoms with Crippen molar-refractivity contribution in [2.24, 2.45) is 10.8 Å². The third-order valence-corrected chi connectivity index (χ3v) is 8.26. The minimum absolute atomic E-state index is 0.237. The van der Waals surface area contributed by atoms with Gasteiger partial charge in [0.05, 0.1) is 0 Å². The number of carbonyl (C=O) groups is 2. The Balaban J connectivity index is 1.47. The van der Waals surface area contributed by atoms with Crippen LogP contribution in [-0.2, 0) is 22.4 Å². The van der Waals surface area contributed by atoms with Crippen LogP contribution in [0.5, 0.6) is 0 Å². The van der Waals surface area contributed by atoms with Crippen LogP contribution in [0, 0.1) is 10.8 Å². The summed E-state index contributed by atoms with van der Waals surface area (Å²) in [6, 6.07) is 20.2. The normalized spacial score (nSPS) is 12.0. The van der Waals surface area contributed by atoms with Crippen molar-refractivity contribution in [1.29, 1.82) is 0 Å². The standard InChI is InChI=1S/C32H46O2S/c1-31(2,29(33)25-27-17-9-5-10-18-27)21-13-7-15-23-35-24-16-8-14-22-32(3,4)30(34)26-28-19-11-6-12-20-28/h5-6,9-12,17-20H,7-8,13-16,21-26H2,1-4H3. The molecule has 0 unspecified atom stereocenters. The van der Waals surface area contributed by atoms with E-state index < -0.39 is 0 Å². The summed E-state index contributed by atoms with van der Waals surface area (Å²) < 4.78 is 0. The van der Waals surface area contributed by atoms with Gasteiger partial charge in [0, 0.05) is 23.7 Å². The van der Waals surface area contributed by atoms with Crippen LogP contribution in [-0.4, -0.2) is 23.1 Å². The number of unbranched alkanes of at least 4 members (excludes halogenated alkanes) is 4.